The molecule has 0 atom stereocenters. The maximum atomic E-state index is 11.7. The number of thioether (sulfide) groups is 1. The van der Waals surface area contributed by atoms with Crippen LogP contribution in [0, 0.1) is 0 Å². The van der Waals surface area contributed by atoms with Gasteiger partial charge in [-0.2, -0.15) is 0 Å². The minimum atomic E-state index is -0.386. The Morgan fingerprint density at radius 2 is 2.04 bits per heavy atom. The Bertz CT molecular complexity index is 852. The molecule has 2 aromatic heterocycles. The number of pyridine rings is 1. The Labute approximate surface area is 142 Å². The first-order valence-electron chi connectivity index (χ1n) is 7.66. The number of piperazine rings is 1. The molecule has 2 aliphatic rings. The van der Waals surface area contributed by atoms with Gasteiger partial charge in [-0.25, -0.2) is 0 Å². The minimum absolute atomic E-state index is 0.341. The van der Waals surface area contributed by atoms with Crippen molar-refractivity contribution in [3.8, 4) is 0 Å². The quantitative estimate of drug-likeness (QED) is 0.834. The summed E-state index contributed by atoms with van der Waals surface area (Å²) in [5, 5.41) is 2.76. The fraction of sp³-hybridized carbons (Fsp3) is 0.312. The largest absolute Gasteiger partial charge is 0.454 e. The fourth-order valence-corrected chi connectivity index (χ4v) is 3.52. The zero-order valence-corrected chi connectivity index (χ0v) is 13.9. The summed E-state index contributed by atoms with van der Waals surface area (Å²) in [6, 6.07) is 1.84. The molecule has 0 spiro atoms. The maximum Gasteiger partial charge on any atom is 0.290 e. The van der Waals surface area contributed by atoms with Crippen molar-refractivity contribution in [2.24, 2.45) is 0 Å². The molecular weight excluding hydrogens is 328 g/mol. The second-order valence-electron chi connectivity index (χ2n) is 5.87. The number of furan rings is 1. The molecule has 124 valence electrons. The van der Waals surface area contributed by atoms with E-state index >= 15 is 0 Å². The SMILES string of the molecule is CN1CCN(c2cncc3cc(C=C4SC(=O)NC4=O)oc23)CC1. The van der Waals surface area contributed by atoms with Gasteiger partial charge in [0.05, 0.1) is 16.8 Å². The number of nitrogens with one attached hydrogen (secondary N) is 1. The number of fused-ring (bicyclic) bond motifs is 1. The van der Waals surface area contributed by atoms with Gasteiger partial charge in [0.15, 0.2) is 5.58 Å². The number of aromatic nitrogens is 1. The van der Waals surface area contributed by atoms with E-state index in [2.05, 4.69) is 27.1 Å². The zero-order valence-electron chi connectivity index (χ0n) is 13.1. The molecular formula is C16H16N4O3S. The summed E-state index contributed by atoms with van der Waals surface area (Å²) in [5.41, 5.74) is 1.72. The van der Waals surface area contributed by atoms with E-state index in [1.165, 1.54) is 0 Å². The molecule has 0 aromatic carbocycles. The van der Waals surface area contributed by atoms with Crippen molar-refractivity contribution < 1.29 is 14.0 Å². The van der Waals surface area contributed by atoms with Crippen molar-refractivity contribution in [3.63, 3.8) is 0 Å². The molecule has 0 saturated carbocycles. The molecule has 2 aromatic rings. The summed E-state index contributed by atoms with van der Waals surface area (Å²) >= 11 is 0.881. The van der Waals surface area contributed by atoms with Crippen LogP contribution in [0.5, 0.6) is 0 Å². The zero-order chi connectivity index (χ0) is 16.7. The summed E-state index contributed by atoms with van der Waals surface area (Å²) in [6.07, 6.45) is 5.15. The highest BCUT2D eigenvalue weighted by Gasteiger charge is 2.26. The molecule has 0 unspecified atom stereocenters. The highest BCUT2D eigenvalue weighted by molar-refractivity contribution is 8.18. The smallest absolute Gasteiger partial charge is 0.290 e. The van der Waals surface area contributed by atoms with Crippen LogP contribution in [-0.4, -0.2) is 54.3 Å². The number of amides is 2. The monoisotopic (exact) mass is 344 g/mol. The Kier molecular flexibility index (Phi) is 3.78. The molecule has 7 nitrogen and oxygen atoms in total. The van der Waals surface area contributed by atoms with Crippen molar-refractivity contribution >= 4 is 45.6 Å². The summed E-state index contributed by atoms with van der Waals surface area (Å²) < 4.78 is 5.95. The summed E-state index contributed by atoms with van der Waals surface area (Å²) in [5.74, 6) is 0.156. The van der Waals surface area contributed by atoms with Gasteiger partial charge in [-0.05, 0) is 24.9 Å². The predicted molar refractivity (Wildman–Crippen MR) is 92.8 cm³/mol. The van der Waals surface area contributed by atoms with E-state index in [9.17, 15) is 9.59 Å². The topological polar surface area (TPSA) is 78.7 Å². The standard InChI is InChI=1S/C16H16N4O3S/c1-19-2-4-20(5-3-19)12-9-17-8-10-6-11(23-14(10)12)7-13-15(21)18-16(22)24-13/h6-9H,2-5H2,1H3,(H,18,21,22). The van der Waals surface area contributed by atoms with Gasteiger partial charge in [-0.1, -0.05) is 0 Å². The predicted octanol–water partition coefficient (Wildman–Crippen LogP) is 1.90. The lowest BCUT2D eigenvalue weighted by Crippen LogP contribution is -2.44. The first kappa shape index (κ1) is 15.2. The summed E-state index contributed by atoms with van der Waals surface area (Å²) in [4.78, 5) is 32.1. The number of carbonyl (C=O) groups is 2. The van der Waals surface area contributed by atoms with Crippen molar-refractivity contribution in [1.29, 1.82) is 0 Å². The van der Waals surface area contributed by atoms with Crippen molar-refractivity contribution in [3.05, 3.63) is 29.1 Å². The number of rotatable bonds is 2. The number of hydrogen-bond donors (Lipinski definition) is 1. The lowest BCUT2D eigenvalue weighted by Gasteiger charge is -2.33. The summed E-state index contributed by atoms with van der Waals surface area (Å²) in [6.45, 7) is 3.82. The molecule has 1 N–H and O–H groups in total. The molecule has 0 bridgehead atoms. The third-order valence-electron chi connectivity index (χ3n) is 4.18. The molecule has 2 amide bonds. The first-order chi connectivity index (χ1) is 11.6. The van der Waals surface area contributed by atoms with Crippen molar-refractivity contribution in [2.75, 3.05) is 38.1 Å². The van der Waals surface area contributed by atoms with Gasteiger partial charge >= 0.3 is 0 Å². The lowest BCUT2D eigenvalue weighted by atomic mass is 10.2. The van der Waals surface area contributed by atoms with Crippen LogP contribution in [0.3, 0.4) is 0 Å². The number of nitrogens with zero attached hydrogens (tertiary/aromatic N) is 3. The van der Waals surface area contributed by atoms with Crippen molar-refractivity contribution in [2.45, 2.75) is 0 Å². The van der Waals surface area contributed by atoms with Crippen LogP contribution in [0.25, 0.3) is 17.0 Å². The van der Waals surface area contributed by atoms with Crippen LogP contribution >= 0.6 is 11.8 Å². The number of imide groups is 1. The van der Waals surface area contributed by atoms with E-state index in [-0.39, 0.29) is 11.1 Å². The van der Waals surface area contributed by atoms with E-state index in [1.54, 1.807) is 12.3 Å². The lowest BCUT2D eigenvalue weighted by molar-refractivity contribution is -0.115. The molecule has 0 aliphatic carbocycles. The number of hydrogen-bond acceptors (Lipinski definition) is 7. The molecule has 8 heteroatoms. The molecule has 0 radical (unpaired) electrons. The van der Waals surface area contributed by atoms with Crippen LogP contribution < -0.4 is 10.2 Å². The molecule has 4 heterocycles. The highest BCUT2D eigenvalue weighted by Crippen LogP contribution is 2.32. The highest BCUT2D eigenvalue weighted by atomic mass is 32.2. The van der Waals surface area contributed by atoms with E-state index < -0.39 is 0 Å². The fourth-order valence-electron chi connectivity index (χ4n) is 2.86. The van der Waals surface area contributed by atoms with Gasteiger partial charge in [0.2, 0.25) is 0 Å². The molecule has 2 saturated heterocycles. The van der Waals surface area contributed by atoms with Gasteiger partial charge in [-0.15, -0.1) is 0 Å². The molecule has 24 heavy (non-hydrogen) atoms. The Morgan fingerprint density at radius 1 is 1.25 bits per heavy atom. The minimum Gasteiger partial charge on any atom is -0.454 e. The van der Waals surface area contributed by atoms with Crippen LogP contribution in [0.15, 0.2) is 27.8 Å². The first-order valence-corrected chi connectivity index (χ1v) is 8.48. The number of likely N-dealkylation sites (N-methyl/N-ethyl adjacent to an activating group) is 1. The Morgan fingerprint density at radius 3 is 2.75 bits per heavy atom. The maximum absolute atomic E-state index is 11.7. The van der Waals surface area contributed by atoms with E-state index in [4.69, 9.17) is 4.42 Å². The molecule has 4 rings (SSSR count). The van der Waals surface area contributed by atoms with Crippen LogP contribution in [-0.2, 0) is 4.79 Å². The van der Waals surface area contributed by atoms with Crippen LogP contribution in [0.4, 0.5) is 10.5 Å². The van der Waals surface area contributed by atoms with Gasteiger partial charge in [0, 0.05) is 43.8 Å². The normalized spacial score (nSPS) is 21.0. The Hall–Kier alpha value is -2.32. The Balaban J connectivity index is 1.68. The van der Waals surface area contributed by atoms with Crippen molar-refractivity contribution in [1.82, 2.24) is 15.2 Å². The second-order valence-corrected chi connectivity index (χ2v) is 6.88. The molecule has 2 fully saturated rings. The van der Waals surface area contributed by atoms with Gasteiger partial charge < -0.3 is 14.2 Å². The third-order valence-corrected chi connectivity index (χ3v) is 4.99. The second kappa shape index (κ2) is 5.95. The average molecular weight is 344 g/mol. The van der Waals surface area contributed by atoms with Gasteiger partial charge in [-0.3, -0.25) is 19.9 Å². The van der Waals surface area contributed by atoms with E-state index in [0.717, 1.165) is 54.6 Å². The van der Waals surface area contributed by atoms with E-state index in [0.29, 0.717) is 10.7 Å². The van der Waals surface area contributed by atoms with Gasteiger partial charge in [0.1, 0.15) is 5.76 Å². The van der Waals surface area contributed by atoms with E-state index in [1.807, 2.05) is 12.3 Å². The van der Waals surface area contributed by atoms with Gasteiger partial charge in [0.25, 0.3) is 11.1 Å². The number of anilines is 1. The third kappa shape index (κ3) is 2.78. The molecule has 2 aliphatic heterocycles. The number of carbonyl (C=O) groups excluding carboxylic acids is 2. The van der Waals surface area contributed by atoms with Crippen LogP contribution in [0.1, 0.15) is 5.76 Å². The van der Waals surface area contributed by atoms with Crippen LogP contribution in [0.2, 0.25) is 0 Å². The summed E-state index contributed by atoms with van der Waals surface area (Å²) in [7, 11) is 2.11. The average Bonchev–Trinajstić information content (AvgIpc) is 3.10.